The lowest BCUT2D eigenvalue weighted by Gasteiger charge is -2.19. The molecule has 1 aliphatic heterocycles. The summed E-state index contributed by atoms with van der Waals surface area (Å²) >= 11 is 3.38. The molecule has 0 unspecified atom stereocenters. The standard InChI is InChI=1S/C8H11BrN2/c1-8(2)4-3-7-10-6(9)5-11(7)8/h5H,3-4H2,1-2H3. The minimum absolute atomic E-state index is 0.272. The van der Waals surface area contributed by atoms with E-state index in [1.54, 1.807) is 0 Å². The van der Waals surface area contributed by atoms with Crippen LogP contribution in [0.4, 0.5) is 0 Å². The molecule has 0 spiro atoms. The summed E-state index contributed by atoms with van der Waals surface area (Å²) in [5.74, 6) is 1.21. The second-order valence-electron chi connectivity index (χ2n) is 3.66. The number of aromatic nitrogens is 2. The van der Waals surface area contributed by atoms with Crippen LogP contribution in [0, 0.1) is 0 Å². The van der Waals surface area contributed by atoms with Gasteiger partial charge in [-0.2, -0.15) is 0 Å². The van der Waals surface area contributed by atoms with Crippen molar-refractivity contribution in [1.29, 1.82) is 0 Å². The number of rotatable bonds is 0. The highest BCUT2D eigenvalue weighted by molar-refractivity contribution is 9.10. The lowest BCUT2D eigenvalue weighted by molar-refractivity contribution is 0.376. The Hall–Kier alpha value is -0.310. The number of hydrogen-bond donors (Lipinski definition) is 0. The largest absolute Gasteiger partial charge is 0.328 e. The topological polar surface area (TPSA) is 17.8 Å². The highest BCUT2D eigenvalue weighted by atomic mass is 79.9. The first-order valence-electron chi connectivity index (χ1n) is 3.84. The number of aryl methyl sites for hydroxylation is 1. The maximum absolute atomic E-state index is 4.37. The average Bonchev–Trinajstić information content (AvgIpc) is 2.35. The van der Waals surface area contributed by atoms with Gasteiger partial charge in [-0.05, 0) is 36.2 Å². The maximum atomic E-state index is 4.37. The summed E-state index contributed by atoms with van der Waals surface area (Å²) in [5, 5.41) is 0. The highest BCUT2D eigenvalue weighted by Crippen LogP contribution is 2.31. The molecule has 11 heavy (non-hydrogen) atoms. The van der Waals surface area contributed by atoms with Gasteiger partial charge in [-0.3, -0.25) is 0 Å². The lowest BCUT2D eigenvalue weighted by Crippen LogP contribution is -2.20. The van der Waals surface area contributed by atoms with Gasteiger partial charge in [-0.25, -0.2) is 4.98 Å². The van der Waals surface area contributed by atoms with Crippen molar-refractivity contribution in [1.82, 2.24) is 9.55 Å². The highest BCUT2D eigenvalue weighted by Gasteiger charge is 2.29. The molecule has 0 atom stereocenters. The van der Waals surface area contributed by atoms with Crippen molar-refractivity contribution >= 4 is 15.9 Å². The Morgan fingerprint density at radius 1 is 1.64 bits per heavy atom. The molecule has 0 saturated carbocycles. The Morgan fingerprint density at radius 3 is 3.00 bits per heavy atom. The van der Waals surface area contributed by atoms with Gasteiger partial charge in [0.1, 0.15) is 10.4 Å². The van der Waals surface area contributed by atoms with E-state index >= 15 is 0 Å². The van der Waals surface area contributed by atoms with E-state index in [-0.39, 0.29) is 5.54 Å². The fourth-order valence-corrected chi connectivity index (χ4v) is 2.04. The summed E-state index contributed by atoms with van der Waals surface area (Å²) in [7, 11) is 0. The molecule has 2 rings (SSSR count). The van der Waals surface area contributed by atoms with Crippen LogP contribution >= 0.6 is 15.9 Å². The molecule has 0 bridgehead atoms. The fraction of sp³-hybridized carbons (Fsp3) is 0.625. The Balaban J connectivity index is 2.54. The first-order chi connectivity index (χ1) is 5.09. The number of halogens is 1. The van der Waals surface area contributed by atoms with Gasteiger partial charge in [0.2, 0.25) is 0 Å². The van der Waals surface area contributed by atoms with E-state index in [0.29, 0.717) is 0 Å². The van der Waals surface area contributed by atoms with Crippen LogP contribution in [-0.4, -0.2) is 9.55 Å². The van der Waals surface area contributed by atoms with Gasteiger partial charge in [0.05, 0.1) is 0 Å². The lowest BCUT2D eigenvalue weighted by atomic mass is 10.0. The monoisotopic (exact) mass is 214 g/mol. The van der Waals surface area contributed by atoms with Gasteiger partial charge in [-0.15, -0.1) is 0 Å². The summed E-state index contributed by atoms with van der Waals surface area (Å²) in [6.45, 7) is 4.50. The molecule has 2 heterocycles. The average molecular weight is 215 g/mol. The molecule has 0 N–H and O–H groups in total. The smallest absolute Gasteiger partial charge is 0.124 e. The normalized spacial score (nSPS) is 20.3. The SMILES string of the molecule is CC1(C)CCc2nc(Br)cn21. The van der Waals surface area contributed by atoms with Gasteiger partial charge in [0.15, 0.2) is 0 Å². The third-order valence-corrected chi connectivity index (χ3v) is 2.74. The summed E-state index contributed by atoms with van der Waals surface area (Å²) in [6, 6.07) is 0. The van der Waals surface area contributed by atoms with Crippen LogP contribution in [0.5, 0.6) is 0 Å². The van der Waals surface area contributed by atoms with Crippen molar-refractivity contribution in [3.05, 3.63) is 16.6 Å². The fourth-order valence-electron chi connectivity index (χ4n) is 1.63. The maximum Gasteiger partial charge on any atom is 0.124 e. The first kappa shape index (κ1) is 7.35. The first-order valence-corrected chi connectivity index (χ1v) is 4.63. The van der Waals surface area contributed by atoms with Crippen LogP contribution in [0.25, 0.3) is 0 Å². The van der Waals surface area contributed by atoms with E-state index in [1.165, 1.54) is 12.2 Å². The van der Waals surface area contributed by atoms with Crippen molar-refractivity contribution in [3.63, 3.8) is 0 Å². The van der Waals surface area contributed by atoms with E-state index in [9.17, 15) is 0 Å². The van der Waals surface area contributed by atoms with Crippen molar-refractivity contribution < 1.29 is 0 Å². The zero-order valence-electron chi connectivity index (χ0n) is 6.76. The number of nitrogens with zero attached hydrogens (tertiary/aromatic N) is 2. The van der Waals surface area contributed by atoms with Gasteiger partial charge < -0.3 is 4.57 Å². The minimum atomic E-state index is 0.272. The zero-order valence-corrected chi connectivity index (χ0v) is 8.35. The molecular weight excluding hydrogens is 204 g/mol. The predicted octanol–water partition coefficient (Wildman–Crippen LogP) is 2.33. The Morgan fingerprint density at radius 2 is 2.36 bits per heavy atom. The van der Waals surface area contributed by atoms with Gasteiger partial charge in [-0.1, -0.05) is 0 Å². The molecule has 1 aromatic rings. The van der Waals surface area contributed by atoms with Crippen LogP contribution in [0.15, 0.2) is 10.8 Å². The molecule has 1 aliphatic rings. The van der Waals surface area contributed by atoms with Crippen LogP contribution in [0.3, 0.4) is 0 Å². The molecule has 3 heteroatoms. The third kappa shape index (κ3) is 1.02. The van der Waals surface area contributed by atoms with E-state index in [2.05, 4.69) is 45.5 Å². The van der Waals surface area contributed by atoms with Gasteiger partial charge in [0.25, 0.3) is 0 Å². The number of hydrogen-bond acceptors (Lipinski definition) is 1. The summed E-state index contributed by atoms with van der Waals surface area (Å²) in [5.41, 5.74) is 0.272. The summed E-state index contributed by atoms with van der Waals surface area (Å²) in [4.78, 5) is 4.37. The Bertz CT molecular complexity index is 288. The van der Waals surface area contributed by atoms with Gasteiger partial charge >= 0.3 is 0 Å². The molecule has 0 fully saturated rings. The molecule has 1 aromatic heterocycles. The van der Waals surface area contributed by atoms with E-state index < -0.39 is 0 Å². The van der Waals surface area contributed by atoms with Crippen molar-refractivity contribution in [3.8, 4) is 0 Å². The summed E-state index contributed by atoms with van der Waals surface area (Å²) in [6.07, 6.45) is 4.39. The van der Waals surface area contributed by atoms with Crippen molar-refractivity contribution in [2.45, 2.75) is 32.2 Å². The van der Waals surface area contributed by atoms with Crippen LogP contribution in [-0.2, 0) is 12.0 Å². The molecule has 0 aliphatic carbocycles. The minimum Gasteiger partial charge on any atom is -0.328 e. The Kier molecular flexibility index (Phi) is 1.40. The molecule has 0 saturated heterocycles. The second kappa shape index (κ2) is 2.09. The second-order valence-corrected chi connectivity index (χ2v) is 4.47. The number of fused-ring (bicyclic) bond motifs is 1. The number of imidazole rings is 1. The summed E-state index contributed by atoms with van der Waals surface area (Å²) < 4.78 is 3.22. The van der Waals surface area contributed by atoms with Crippen LogP contribution in [0.1, 0.15) is 26.1 Å². The Labute approximate surface area is 74.8 Å². The van der Waals surface area contributed by atoms with E-state index in [0.717, 1.165) is 11.0 Å². The molecular formula is C8H11BrN2. The van der Waals surface area contributed by atoms with E-state index in [1.807, 2.05) is 0 Å². The molecule has 0 amide bonds. The predicted molar refractivity (Wildman–Crippen MR) is 47.6 cm³/mol. The molecule has 2 nitrogen and oxygen atoms in total. The van der Waals surface area contributed by atoms with Crippen molar-refractivity contribution in [2.24, 2.45) is 0 Å². The zero-order chi connectivity index (χ0) is 8.06. The quantitative estimate of drug-likeness (QED) is 0.649. The van der Waals surface area contributed by atoms with Crippen LogP contribution in [0.2, 0.25) is 0 Å². The third-order valence-electron chi connectivity index (χ3n) is 2.36. The van der Waals surface area contributed by atoms with Crippen LogP contribution < -0.4 is 0 Å². The molecule has 0 aromatic carbocycles. The van der Waals surface area contributed by atoms with Gasteiger partial charge in [0, 0.05) is 18.2 Å². The van der Waals surface area contributed by atoms with E-state index in [4.69, 9.17) is 0 Å². The molecule has 60 valence electrons. The molecule has 0 radical (unpaired) electrons. The van der Waals surface area contributed by atoms with Crippen molar-refractivity contribution in [2.75, 3.05) is 0 Å².